The zero-order valence-electron chi connectivity index (χ0n) is 12.1. The van der Waals surface area contributed by atoms with E-state index in [2.05, 4.69) is 0 Å². The molecule has 0 fully saturated rings. The van der Waals surface area contributed by atoms with Gasteiger partial charge in [0.15, 0.2) is 5.92 Å². The average molecular weight is 310 g/mol. The Morgan fingerprint density at radius 1 is 0.957 bits per heavy atom. The van der Waals surface area contributed by atoms with E-state index in [0.717, 1.165) is 16.7 Å². The maximum absolute atomic E-state index is 11.1. The lowest BCUT2D eigenvalue weighted by Gasteiger charge is -2.07. The fourth-order valence-electron chi connectivity index (χ4n) is 2.67. The van der Waals surface area contributed by atoms with Crippen LogP contribution in [0.1, 0.15) is 5.56 Å². The minimum atomic E-state index is -1.50. The number of hydrogen-bond acceptors (Lipinski definition) is 3. The van der Waals surface area contributed by atoms with E-state index >= 15 is 0 Å². The monoisotopic (exact) mass is 310 g/mol. The molecule has 23 heavy (non-hydrogen) atoms. The van der Waals surface area contributed by atoms with Crippen LogP contribution in [-0.2, 0) is 16.0 Å². The number of fused-ring (bicyclic) bond motifs is 1. The van der Waals surface area contributed by atoms with Crippen LogP contribution in [0.5, 0.6) is 0 Å². The molecule has 1 aliphatic carbocycles. The predicted octanol–water partition coefficient (Wildman–Crippen LogP) is 3.38. The van der Waals surface area contributed by atoms with Crippen molar-refractivity contribution in [2.75, 3.05) is 0 Å². The normalized spacial score (nSPS) is 11.0. The van der Waals surface area contributed by atoms with Crippen LogP contribution in [0.2, 0.25) is 0 Å². The first kappa shape index (κ1) is 14.8. The number of hydrogen-bond donors (Lipinski definition) is 2. The van der Waals surface area contributed by atoms with Crippen molar-refractivity contribution < 1.29 is 24.2 Å². The molecule has 0 spiro atoms. The maximum Gasteiger partial charge on any atom is 0.318 e. The van der Waals surface area contributed by atoms with Crippen molar-refractivity contribution in [2.24, 2.45) is 5.92 Å². The molecule has 2 N–H and O–H groups in total. The Morgan fingerprint density at radius 2 is 1.65 bits per heavy atom. The molecule has 1 heterocycles. The van der Waals surface area contributed by atoms with Gasteiger partial charge in [0.2, 0.25) is 0 Å². The molecule has 0 saturated heterocycles. The van der Waals surface area contributed by atoms with E-state index in [9.17, 15) is 9.59 Å². The van der Waals surface area contributed by atoms with Gasteiger partial charge in [0, 0.05) is 12.0 Å². The van der Waals surface area contributed by atoms with Gasteiger partial charge in [0.1, 0.15) is 5.76 Å². The summed E-state index contributed by atoms with van der Waals surface area (Å²) in [6, 6.07) is 15.0. The molecule has 0 aromatic heterocycles. The van der Waals surface area contributed by atoms with Crippen LogP contribution in [-0.4, -0.2) is 22.2 Å². The average Bonchev–Trinajstić information content (AvgIpc) is 2.91. The topological polar surface area (TPSA) is 87.7 Å². The van der Waals surface area contributed by atoms with Gasteiger partial charge in [0.05, 0.1) is 6.26 Å². The van der Waals surface area contributed by atoms with Crippen molar-refractivity contribution in [3.8, 4) is 22.5 Å². The van der Waals surface area contributed by atoms with Gasteiger partial charge in [-0.2, -0.15) is 0 Å². The van der Waals surface area contributed by atoms with E-state index in [1.807, 2.05) is 42.5 Å². The molecule has 0 amide bonds. The van der Waals surface area contributed by atoms with Crippen LogP contribution in [0.15, 0.2) is 59.2 Å². The third-order valence-corrected chi connectivity index (χ3v) is 3.78. The molecule has 0 atom stereocenters. The largest absolute Gasteiger partial charge is 0.481 e. The summed E-state index contributed by atoms with van der Waals surface area (Å²) in [5.41, 5.74) is 3.28. The molecular weight excluding hydrogens is 296 g/mol. The molecule has 0 unspecified atom stereocenters. The Labute approximate surface area is 132 Å². The summed E-state index contributed by atoms with van der Waals surface area (Å²) in [5.74, 6) is -3.69. The van der Waals surface area contributed by atoms with E-state index in [0.29, 0.717) is 11.3 Å². The van der Waals surface area contributed by atoms with Gasteiger partial charge in [-0.05, 0) is 34.9 Å². The molecule has 0 saturated carbocycles. The van der Waals surface area contributed by atoms with E-state index in [4.69, 9.17) is 14.6 Å². The summed E-state index contributed by atoms with van der Waals surface area (Å²) < 4.78 is 5.52. The molecule has 0 bridgehead atoms. The van der Waals surface area contributed by atoms with Crippen LogP contribution in [0.25, 0.3) is 22.5 Å². The Kier molecular flexibility index (Phi) is 3.85. The molecule has 1 aliphatic heterocycles. The minimum absolute atomic E-state index is 0.123. The van der Waals surface area contributed by atoms with E-state index in [-0.39, 0.29) is 6.42 Å². The highest BCUT2D eigenvalue weighted by Gasteiger charge is 2.29. The van der Waals surface area contributed by atoms with Crippen molar-refractivity contribution in [1.82, 2.24) is 0 Å². The summed E-state index contributed by atoms with van der Waals surface area (Å²) in [4.78, 5) is 22.3. The fraction of sp³-hybridized carbons (Fsp3) is 0.111. The first-order valence-electron chi connectivity index (χ1n) is 7.08. The molecule has 5 nitrogen and oxygen atoms in total. The summed E-state index contributed by atoms with van der Waals surface area (Å²) in [6.07, 6.45) is 1.37. The van der Waals surface area contributed by atoms with E-state index in [1.54, 1.807) is 6.07 Å². The Bertz CT molecular complexity index is 805. The second-order valence-corrected chi connectivity index (χ2v) is 5.24. The lowest BCUT2D eigenvalue weighted by molar-refractivity contribution is -0.154. The van der Waals surface area contributed by atoms with Gasteiger partial charge in [-0.25, -0.2) is 0 Å². The SMILES string of the molecule is O=C(O)C(Cc1cc(-c2ccccc2)c2cccoc1-2)C(=O)O. The Morgan fingerprint density at radius 3 is 2.30 bits per heavy atom. The fourth-order valence-corrected chi connectivity index (χ4v) is 2.67. The first-order chi connectivity index (χ1) is 11.1. The zero-order valence-corrected chi connectivity index (χ0v) is 12.1. The third kappa shape index (κ3) is 2.81. The maximum atomic E-state index is 11.1. The lowest BCUT2D eigenvalue weighted by atomic mass is 10.0. The molecule has 0 radical (unpaired) electrons. The minimum Gasteiger partial charge on any atom is -0.481 e. The smallest absolute Gasteiger partial charge is 0.318 e. The second-order valence-electron chi connectivity index (χ2n) is 5.24. The standard InChI is InChI=1S/C18H14O5/c19-17(20)15(18(21)22)10-12-9-14(11-5-2-1-3-6-11)13-7-4-8-23-16(12)13/h1-9,15H,10H2,(H,19,20)(H,21,22). The summed E-state index contributed by atoms with van der Waals surface area (Å²) in [5, 5.41) is 18.2. The molecular formula is C18H14O5. The molecule has 3 rings (SSSR count). The van der Waals surface area contributed by atoms with Crippen molar-refractivity contribution >= 4 is 11.9 Å². The van der Waals surface area contributed by atoms with Crippen molar-refractivity contribution in [1.29, 1.82) is 0 Å². The molecule has 1 aromatic rings. The third-order valence-electron chi connectivity index (χ3n) is 3.78. The Hall–Kier alpha value is -3.08. The van der Waals surface area contributed by atoms with E-state index in [1.165, 1.54) is 6.26 Å². The van der Waals surface area contributed by atoms with Crippen molar-refractivity contribution in [2.45, 2.75) is 6.42 Å². The van der Waals surface area contributed by atoms with Crippen LogP contribution in [0.3, 0.4) is 0 Å². The zero-order chi connectivity index (χ0) is 16.4. The number of carboxylic acids is 2. The second kappa shape index (κ2) is 5.96. The number of carbonyl (C=O) groups is 2. The Balaban J connectivity index is 2.08. The summed E-state index contributed by atoms with van der Waals surface area (Å²) >= 11 is 0. The van der Waals surface area contributed by atoms with Gasteiger partial charge in [0.25, 0.3) is 0 Å². The predicted molar refractivity (Wildman–Crippen MR) is 83.2 cm³/mol. The van der Waals surface area contributed by atoms with Crippen LogP contribution in [0.4, 0.5) is 0 Å². The van der Waals surface area contributed by atoms with Gasteiger partial charge >= 0.3 is 11.9 Å². The summed E-state index contributed by atoms with van der Waals surface area (Å²) in [7, 11) is 0. The highest BCUT2D eigenvalue weighted by molar-refractivity contribution is 5.94. The van der Waals surface area contributed by atoms with Crippen LogP contribution < -0.4 is 0 Å². The highest BCUT2D eigenvalue weighted by atomic mass is 16.4. The van der Waals surface area contributed by atoms with Crippen molar-refractivity contribution in [3.63, 3.8) is 0 Å². The number of benzene rings is 1. The van der Waals surface area contributed by atoms with Crippen LogP contribution in [0, 0.1) is 5.92 Å². The van der Waals surface area contributed by atoms with Crippen molar-refractivity contribution in [3.05, 3.63) is 60.4 Å². The lowest BCUT2D eigenvalue weighted by Crippen LogP contribution is -2.25. The van der Waals surface area contributed by atoms with Gasteiger partial charge in [-0.1, -0.05) is 30.3 Å². The first-order valence-corrected chi connectivity index (χ1v) is 7.08. The molecule has 116 valence electrons. The molecule has 1 aromatic carbocycles. The van der Waals surface area contributed by atoms with Gasteiger partial charge < -0.3 is 14.6 Å². The number of aliphatic carboxylic acids is 2. The highest BCUT2D eigenvalue weighted by Crippen LogP contribution is 2.39. The summed E-state index contributed by atoms with van der Waals surface area (Å²) in [6.45, 7) is 0. The number of carboxylic acid groups (broad SMARTS) is 2. The van der Waals surface area contributed by atoms with Crippen LogP contribution >= 0.6 is 0 Å². The molecule has 2 aliphatic rings. The number of rotatable bonds is 5. The molecule has 5 heteroatoms. The van der Waals surface area contributed by atoms with Gasteiger partial charge in [-0.15, -0.1) is 0 Å². The van der Waals surface area contributed by atoms with E-state index < -0.39 is 17.9 Å². The quantitative estimate of drug-likeness (QED) is 0.705. The van der Waals surface area contributed by atoms with Gasteiger partial charge in [-0.3, -0.25) is 9.59 Å².